The summed E-state index contributed by atoms with van der Waals surface area (Å²) >= 11 is 0. The van der Waals surface area contributed by atoms with Crippen LogP contribution in [0.2, 0.25) is 0 Å². The van der Waals surface area contributed by atoms with Crippen molar-refractivity contribution in [3.63, 3.8) is 0 Å². The zero-order valence-electron chi connectivity index (χ0n) is 11.3. The van der Waals surface area contributed by atoms with E-state index >= 15 is 0 Å². The number of carbonyl (C=O) groups excluding carboxylic acids is 2. The van der Waals surface area contributed by atoms with Crippen molar-refractivity contribution < 1.29 is 14.7 Å². The number of hydrogen-bond acceptors (Lipinski definition) is 3. The van der Waals surface area contributed by atoms with E-state index in [0.29, 0.717) is 31.3 Å². The van der Waals surface area contributed by atoms with Gasteiger partial charge in [-0.1, -0.05) is 20.3 Å². The van der Waals surface area contributed by atoms with Crippen LogP contribution < -0.4 is 0 Å². The lowest BCUT2D eigenvalue weighted by atomic mass is 9.73. The topological polar surface area (TPSA) is 54.4 Å². The van der Waals surface area contributed by atoms with Gasteiger partial charge in [-0.3, -0.25) is 9.59 Å². The molecule has 0 aromatic rings. The molecule has 1 atom stereocenters. The van der Waals surface area contributed by atoms with E-state index < -0.39 is 0 Å². The van der Waals surface area contributed by atoms with Crippen LogP contribution in [0.3, 0.4) is 0 Å². The Labute approximate surface area is 108 Å². The number of carbonyl (C=O) groups is 2. The summed E-state index contributed by atoms with van der Waals surface area (Å²) in [6, 6.07) is 0. The predicted molar refractivity (Wildman–Crippen MR) is 69.3 cm³/mol. The van der Waals surface area contributed by atoms with Gasteiger partial charge in [0.15, 0.2) is 5.78 Å². The van der Waals surface area contributed by atoms with Crippen molar-refractivity contribution in [2.75, 3.05) is 0 Å². The highest BCUT2D eigenvalue weighted by Crippen LogP contribution is 2.38. The standard InChI is InChI=1S/C15H22O3/c1-15(2)8-13(17)11(14(18)9-15)7-10-5-3-4-6-12(10)16/h10,17H,3-9H2,1-2H3/t10-/m0/s1. The van der Waals surface area contributed by atoms with Gasteiger partial charge in [0.1, 0.15) is 5.78 Å². The van der Waals surface area contributed by atoms with E-state index in [-0.39, 0.29) is 28.7 Å². The third-order valence-corrected chi connectivity index (χ3v) is 4.10. The number of rotatable bonds is 2. The van der Waals surface area contributed by atoms with Crippen molar-refractivity contribution in [3.8, 4) is 0 Å². The Hall–Kier alpha value is -1.12. The molecule has 0 aromatic carbocycles. The van der Waals surface area contributed by atoms with Crippen molar-refractivity contribution in [1.29, 1.82) is 0 Å². The van der Waals surface area contributed by atoms with Gasteiger partial charge in [-0.05, 0) is 24.7 Å². The van der Waals surface area contributed by atoms with E-state index in [2.05, 4.69) is 0 Å². The molecule has 18 heavy (non-hydrogen) atoms. The first kappa shape index (κ1) is 13.3. The second kappa shape index (κ2) is 4.87. The lowest BCUT2D eigenvalue weighted by Crippen LogP contribution is -2.28. The van der Waals surface area contributed by atoms with Gasteiger partial charge in [-0.15, -0.1) is 0 Å². The molecule has 2 aliphatic rings. The second-order valence-electron chi connectivity index (χ2n) is 6.48. The van der Waals surface area contributed by atoms with Crippen LogP contribution in [-0.4, -0.2) is 16.7 Å². The Morgan fingerprint density at radius 3 is 2.56 bits per heavy atom. The second-order valence-corrected chi connectivity index (χ2v) is 6.48. The Balaban J connectivity index is 2.12. The fraction of sp³-hybridized carbons (Fsp3) is 0.733. The molecule has 1 fully saturated rings. The third-order valence-electron chi connectivity index (χ3n) is 4.10. The van der Waals surface area contributed by atoms with Crippen LogP contribution in [0.1, 0.15) is 58.8 Å². The summed E-state index contributed by atoms with van der Waals surface area (Å²) in [6.07, 6.45) is 5.03. The van der Waals surface area contributed by atoms with Crippen molar-refractivity contribution >= 4 is 11.6 Å². The van der Waals surface area contributed by atoms with Crippen LogP contribution in [0.25, 0.3) is 0 Å². The number of hydrogen-bond donors (Lipinski definition) is 1. The average molecular weight is 250 g/mol. The molecule has 3 nitrogen and oxygen atoms in total. The zero-order chi connectivity index (χ0) is 13.3. The molecule has 0 amide bonds. The Morgan fingerprint density at radius 1 is 1.22 bits per heavy atom. The Bertz CT molecular complexity index is 404. The van der Waals surface area contributed by atoms with Crippen LogP contribution in [0.15, 0.2) is 11.3 Å². The number of allylic oxidation sites excluding steroid dienone is 2. The van der Waals surface area contributed by atoms with Crippen LogP contribution >= 0.6 is 0 Å². The van der Waals surface area contributed by atoms with Gasteiger partial charge in [0, 0.05) is 30.8 Å². The van der Waals surface area contributed by atoms with Gasteiger partial charge in [0.05, 0.1) is 5.76 Å². The average Bonchev–Trinajstić information content (AvgIpc) is 2.24. The molecule has 0 bridgehead atoms. The number of aliphatic hydroxyl groups is 1. The van der Waals surface area contributed by atoms with Gasteiger partial charge < -0.3 is 5.11 Å². The first-order valence-corrected chi connectivity index (χ1v) is 6.86. The van der Waals surface area contributed by atoms with E-state index in [1.165, 1.54) is 0 Å². The summed E-state index contributed by atoms with van der Waals surface area (Å²) in [5.74, 6) is 0.469. The lowest BCUT2D eigenvalue weighted by Gasteiger charge is -2.31. The first-order chi connectivity index (χ1) is 8.39. The van der Waals surface area contributed by atoms with Crippen molar-refractivity contribution in [3.05, 3.63) is 11.3 Å². The summed E-state index contributed by atoms with van der Waals surface area (Å²) in [6.45, 7) is 3.98. The SMILES string of the molecule is CC1(C)CC(=O)C(C[C@@H]2CCCCC2=O)=C(O)C1. The summed E-state index contributed by atoms with van der Waals surface area (Å²) in [5.41, 5.74) is 0.371. The van der Waals surface area contributed by atoms with Gasteiger partial charge in [-0.25, -0.2) is 0 Å². The molecule has 0 aliphatic heterocycles. The highest BCUT2D eigenvalue weighted by molar-refractivity contribution is 5.98. The van der Waals surface area contributed by atoms with Gasteiger partial charge >= 0.3 is 0 Å². The lowest BCUT2D eigenvalue weighted by molar-refractivity contribution is -0.124. The minimum atomic E-state index is -0.152. The van der Waals surface area contributed by atoms with Crippen LogP contribution in [0.5, 0.6) is 0 Å². The molecule has 0 saturated heterocycles. The smallest absolute Gasteiger partial charge is 0.162 e. The minimum absolute atomic E-state index is 0.0297. The Morgan fingerprint density at radius 2 is 1.94 bits per heavy atom. The Kier molecular flexibility index (Phi) is 3.60. The van der Waals surface area contributed by atoms with E-state index in [9.17, 15) is 14.7 Å². The molecule has 0 heterocycles. The van der Waals surface area contributed by atoms with E-state index in [4.69, 9.17) is 0 Å². The quantitative estimate of drug-likeness (QED) is 0.817. The molecular formula is C15H22O3. The normalized spacial score (nSPS) is 28.7. The maximum Gasteiger partial charge on any atom is 0.162 e. The molecular weight excluding hydrogens is 228 g/mol. The zero-order valence-corrected chi connectivity index (χ0v) is 11.3. The summed E-state index contributed by atoms with van der Waals surface area (Å²) < 4.78 is 0. The fourth-order valence-electron chi connectivity index (χ4n) is 3.07. The van der Waals surface area contributed by atoms with Crippen LogP contribution in [-0.2, 0) is 9.59 Å². The highest BCUT2D eigenvalue weighted by atomic mass is 16.3. The fourth-order valence-corrected chi connectivity index (χ4v) is 3.07. The minimum Gasteiger partial charge on any atom is -0.512 e. The van der Waals surface area contributed by atoms with E-state index in [0.717, 1.165) is 19.3 Å². The number of Topliss-reactive ketones (excluding diaryl/α,β-unsaturated/α-hetero) is 2. The molecule has 0 unspecified atom stereocenters. The summed E-state index contributed by atoms with van der Waals surface area (Å²) in [7, 11) is 0. The molecule has 1 N–H and O–H groups in total. The highest BCUT2D eigenvalue weighted by Gasteiger charge is 2.35. The molecule has 2 rings (SSSR count). The molecule has 3 heteroatoms. The maximum atomic E-state index is 12.1. The molecule has 0 aromatic heterocycles. The van der Waals surface area contributed by atoms with E-state index in [1.807, 2.05) is 13.8 Å². The maximum absolute atomic E-state index is 12.1. The van der Waals surface area contributed by atoms with E-state index in [1.54, 1.807) is 0 Å². The van der Waals surface area contributed by atoms with Crippen molar-refractivity contribution in [1.82, 2.24) is 0 Å². The van der Waals surface area contributed by atoms with Gasteiger partial charge in [-0.2, -0.15) is 0 Å². The van der Waals surface area contributed by atoms with Crippen LogP contribution in [0.4, 0.5) is 0 Å². The molecule has 0 radical (unpaired) electrons. The molecule has 0 spiro atoms. The predicted octanol–water partition coefficient (Wildman–Crippen LogP) is 3.34. The van der Waals surface area contributed by atoms with Gasteiger partial charge in [0.2, 0.25) is 0 Å². The molecule has 1 saturated carbocycles. The molecule has 100 valence electrons. The largest absolute Gasteiger partial charge is 0.512 e. The monoisotopic (exact) mass is 250 g/mol. The van der Waals surface area contributed by atoms with Gasteiger partial charge in [0.25, 0.3) is 0 Å². The summed E-state index contributed by atoms with van der Waals surface area (Å²) in [5, 5.41) is 10.0. The van der Waals surface area contributed by atoms with Crippen molar-refractivity contribution in [2.45, 2.75) is 58.8 Å². The van der Waals surface area contributed by atoms with Crippen molar-refractivity contribution in [2.24, 2.45) is 11.3 Å². The number of aliphatic hydroxyl groups excluding tert-OH is 1. The summed E-state index contributed by atoms with van der Waals surface area (Å²) in [4.78, 5) is 23.9. The molecule has 2 aliphatic carbocycles. The first-order valence-electron chi connectivity index (χ1n) is 6.86. The number of ketones is 2. The third kappa shape index (κ3) is 2.82. The van der Waals surface area contributed by atoms with Crippen LogP contribution in [0, 0.1) is 11.3 Å².